The normalized spacial score (nSPS) is 25.4. The maximum atomic E-state index is 13.4. The van der Waals surface area contributed by atoms with Crippen molar-refractivity contribution in [2.24, 2.45) is 0 Å². The van der Waals surface area contributed by atoms with Crippen molar-refractivity contribution >= 4 is 29.4 Å². The molecule has 0 saturated carbocycles. The third-order valence-corrected chi connectivity index (χ3v) is 6.76. The number of esters is 1. The van der Waals surface area contributed by atoms with Crippen LogP contribution in [0.3, 0.4) is 0 Å². The molecular weight excluding hydrogens is 398 g/mol. The van der Waals surface area contributed by atoms with Crippen LogP contribution in [-0.4, -0.2) is 64.9 Å². The van der Waals surface area contributed by atoms with E-state index in [1.165, 1.54) is 9.80 Å². The molecule has 3 heterocycles. The molecule has 1 aromatic rings. The van der Waals surface area contributed by atoms with Gasteiger partial charge in [-0.2, -0.15) is 0 Å². The molecule has 0 N–H and O–H groups in total. The Labute approximate surface area is 182 Å². The largest absolute Gasteiger partial charge is 0.452 e. The molecule has 0 aromatic heterocycles. The van der Waals surface area contributed by atoms with Crippen molar-refractivity contribution < 1.29 is 23.9 Å². The molecule has 2 fully saturated rings. The van der Waals surface area contributed by atoms with Gasteiger partial charge in [0.15, 0.2) is 6.61 Å². The maximum absolute atomic E-state index is 13.4. The van der Waals surface area contributed by atoms with Gasteiger partial charge >= 0.3 is 5.97 Å². The van der Waals surface area contributed by atoms with Crippen LogP contribution in [0.2, 0.25) is 0 Å². The van der Waals surface area contributed by atoms with Crippen LogP contribution >= 0.6 is 0 Å². The van der Waals surface area contributed by atoms with Gasteiger partial charge in [-0.05, 0) is 44.7 Å². The Morgan fingerprint density at radius 2 is 1.94 bits per heavy atom. The maximum Gasteiger partial charge on any atom is 0.354 e. The lowest BCUT2D eigenvalue weighted by atomic mass is 9.96. The van der Waals surface area contributed by atoms with Gasteiger partial charge in [-0.3, -0.25) is 19.3 Å². The molecule has 2 atom stereocenters. The monoisotopic (exact) mass is 427 g/mol. The Morgan fingerprint density at radius 1 is 1.16 bits per heavy atom. The Bertz CT molecular complexity index is 916. The highest BCUT2D eigenvalue weighted by molar-refractivity contribution is 6.15. The summed E-state index contributed by atoms with van der Waals surface area (Å²) in [5, 5.41) is 0. The lowest BCUT2D eigenvalue weighted by Crippen LogP contribution is -2.68. The van der Waals surface area contributed by atoms with Gasteiger partial charge in [-0.1, -0.05) is 19.1 Å². The second kappa shape index (κ2) is 8.32. The van der Waals surface area contributed by atoms with Crippen LogP contribution in [0.4, 0.5) is 5.69 Å². The summed E-state index contributed by atoms with van der Waals surface area (Å²) >= 11 is 0. The van der Waals surface area contributed by atoms with Crippen LogP contribution in [0.15, 0.2) is 24.3 Å². The van der Waals surface area contributed by atoms with Crippen molar-refractivity contribution in [3.63, 3.8) is 0 Å². The number of hydrogen-bond donors (Lipinski definition) is 0. The Morgan fingerprint density at radius 3 is 2.68 bits per heavy atom. The SMILES string of the molecule is CC[C@H]1CCCCN1C(=O)COC(=O)[C@]12CCC(=O)N1c1ccccc1C(=O)N2CC. The zero-order chi connectivity index (χ0) is 22.2. The first-order valence-corrected chi connectivity index (χ1v) is 11.2. The smallest absolute Gasteiger partial charge is 0.354 e. The molecule has 0 spiro atoms. The Kier molecular flexibility index (Phi) is 5.73. The van der Waals surface area contributed by atoms with E-state index in [2.05, 4.69) is 0 Å². The first kappa shape index (κ1) is 21.3. The molecular formula is C23H29N3O5. The van der Waals surface area contributed by atoms with Gasteiger partial charge in [0.1, 0.15) is 0 Å². The van der Waals surface area contributed by atoms with Crippen molar-refractivity contribution in [2.45, 2.75) is 64.1 Å². The second-order valence-corrected chi connectivity index (χ2v) is 8.33. The Balaban J connectivity index is 1.60. The van der Waals surface area contributed by atoms with Crippen LogP contribution < -0.4 is 4.90 Å². The molecule has 166 valence electrons. The predicted octanol–water partition coefficient (Wildman–Crippen LogP) is 2.32. The van der Waals surface area contributed by atoms with Gasteiger partial charge < -0.3 is 14.5 Å². The minimum Gasteiger partial charge on any atom is -0.452 e. The number of fused-ring (bicyclic) bond motifs is 3. The summed E-state index contributed by atoms with van der Waals surface area (Å²) in [6.07, 6.45) is 4.13. The number of hydrogen-bond acceptors (Lipinski definition) is 5. The molecule has 3 aliphatic rings. The molecule has 8 nitrogen and oxygen atoms in total. The number of amides is 3. The first-order valence-electron chi connectivity index (χ1n) is 11.2. The van der Waals surface area contributed by atoms with E-state index >= 15 is 0 Å². The minimum absolute atomic E-state index is 0.130. The van der Waals surface area contributed by atoms with Gasteiger partial charge in [0, 0.05) is 32.0 Å². The van der Waals surface area contributed by atoms with E-state index < -0.39 is 11.6 Å². The summed E-state index contributed by atoms with van der Waals surface area (Å²) in [5.41, 5.74) is -0.730. The van der Waals surface area contributed by atoms with Gasteiger partial charge in [0.25, 0.3) is 11.8 Å². The highest BCUT2D eigenvalue weighted by Gasteiger charge is 2.61. The summed E-state index contributed by atoms with van der Waals surface area (Å²) in [4.78, 5) is 56.8. The van der Waals surface area contributed by atoms with Crippen LogP contribution in [0.5, 0.6) is 0 Å². The van der Waals surface area contributed by atoms with Crippen LogP contribution in [0, 0.1) is 0 Å². The standard InChI is InChI=1S/C23H29N3O5/c1-3-16-9-7-8-14-24(16)20(28)15-31-22(30)23-13-12-19(27)26(23)18-11-6-5-10-17(18)21(29)25(23)4-2/h5-6,10-11,16H,3-4,7-9,12-15H2,1-2H3/t16-,23-/m0/s1. The molecule has 3 aliphatic heterocycles. The van der Waals surface area contributed by atoms with E-state index in [1.54, 1.807) is 36.1 Å². The average Bonchev–Trinajstić information content (AvgIpc) is 3.15. The van der Waals surface area contributed by atoms with Crippen molar-refractivity contribution in [1.82, 2.24) is 9.80 Å². The molecule has 1 aromatic carbocycles. The number of benzene rings is 1. The number of piperidine rings is 1. The number of rotatable bonds is 5. The first-order chi connectivity index (χ1) is 15.0. The predicted molar refractivity (Wildman–Crippen MR) is 113 cm³/mol. The highest BCUT2D eigenvalue weighted by atomic mass is 16.5. The number of para-hydroxylation sites is 1. The molecule has 4 rings (SSSR count). The number of ether oxygens (including phenoxy) is 1. The zero-order valence-corrected chi connectivity index (χ0v) is 18.1. The van der Waals surface area contributed by atoms with E-state index in [0.717, 1.165) is 25.7 Å². The summed E-state index contributed by atoms with van der Waals surface area (Å²) in [6, 6.07) is 6.97. The third kappa shape index (κ3) is 3.28. The summed E-state index contributed by atoms with van der Waals surface area (Å²) in [5.74, 6) is -1.49. The van der Waals surface area contributed by atoms with Crippen molar-refractivity contribution in [3.05, 3.63) is 29.8 Å². The van der Waals surface area contributed by atoms with Crippen LogP contribution in [0.1, 0.15) is 62.7 Å². The highest BCUT2D eigenvalue weighted by Crippen LogP contribution is 2.44. The third-order valence-electron chi connectivity index (χ3n) is 6.76. The quantitative estimate of drug-likeness (QED) is 0.673. The Hall–Kier alpha value is -2.90. The van der Waals surface area contributed by atoms with E-state index in [1.807, 2.05) is 6.92 Å². The van der Waals surface area contributed by atoms with Crippen molar-refractivity contribution in [1.29, 1.82) is 0 Å². The lowest BCUT2D eigenvalue weighted by Gasteiger charge is -2.48. The van der Waals surface area contributed by atoms with Gasteiger partial charge in [-0.15, -0.1) is 0 Å². The molecule has 0 bridgehead atoms. The number of anilines is 1. The fourth-order valence-electron chi connectivity index (χ4n) is 5.25. The van der Waals surface area contributed by atoms with Gasteiger partial charge in [-0.25, -0.2) is 4.79 Å². The van der Waals surface area contributed by atoms with E-state index in [-0.39, 0.29) is 49.8 Å². The molecule has 2 saturated heterocycles. The molecule has 31 heavy (non-hydrogen) atoms. The molecule has 0 unspecified atom stereocenters. The number of carbonyl (C=O) groups excluding carboxylic acids is 4. The molecule has 8 heteroatoms. The van der Waals surface area contributed by atoms with E-state index in [4.69, 9.17) is 4.74 Å². The molecule has 0 aliphatic carbocycles. The van der Waals surface area contributed by atoms with Gasteiger partial charge in [0.05, 0.1) is 11.3 Å². The van der Waals surface area contributed by atoms with E-state index in [9.17, 15) is 19.2 Å². The van der Waals surface area contributed by atoms with Crippen LogP contribution in [0.25, 0.3) is 0 Å². The summed E-state index contributed by atoms with van der Waals surface area (Å²) in [7, 11) is 0. The number of nitrogens with zero attached hydrogens (tertiary/aromatic N) is 3. The van der Waals surface area contributed by atoms with E-state index in [0.29, 0.717) is 17.8 Å². The topological polar surface area (TPSA) is 87.2 Å². The number of likely N-dealkylation sites (tertiary alicyclic amines) is 1. The zero-order valence-electron chi connectivity index (χ0n) is 18.1. The summed E-state index contributed by atoms with van der Waals surface area (Å²) in [6.45, 7) is 4.34. The number of likely N-dealkylation sites (N-methyl/N-ethyl adjacent to an activating group) is 1. The van der Waals surface area contributed by atoms with Crippen molar-refractivity contribution in [3.8, 4) is 0 Å². The lowest BCUT2D eigenvalue weighted by molar-refractivity contribution is -0.163. The van der Waals surface area contributed by atoms with Crippen LogP contribution in [-0.2, 0) is 19.1 Å². The minimum atomic E-state index is -1.54. The average molecular weight is 428 g/mol. The van der Waals surface area contributed by atoms with Gasteiger partial charge in [0.2, 0.25) is 11.6 Å². The molecule has 3 amide bonds. The fourth-order valence-corrected chi connectivity index (χ4v) is 5.25. The fraction of sp³-hybridized carbons (Fsp3) is 0.565. The molecule has 0 radical (unpaired) electrons. The summed E-state index contributed by atoms with van der Waals surface area (Å²) < 4.78 is 5.52. The second-order valence-electron chi connectivity index (χ2n) is 8.33. The van der Waals surface area contributed by atoms with Crippen molar-refractivity contribution in [2.75, 3.05) is 24.6 Å². The number of carbonyl (C=O) groups is 4.